The molecule has 0 aromatic carbocycles. The molecule has 0 aliphatic rings. The van der Waals surface area contributed by atoms with Gasteiger partial charge in [0.1, 0.15) is 42.5 Å². The first-order valence-corrected chi connectivity index (χ1v) is 19.3. The summed E-state index contributed by atoms with van der Waals surface area (Å²) in [5.41, 5.74) is 27.9. The van der Waals surface area contributed by atoms with E-state index in [0.717, 1.165) is 0 Å². The van der Waals surface area contributed by atoms with Crippen molar-refractivity contribution in [2.45, 2.75) is 141 Å². The fraction of sp³-hybridized carbons (Fsp3) is 0.800. The highest BCUT2D eigenvalue weighted by atomic mass is 16.4. The van der Waals surface area contributed by atoms with Crippen LogP contribution < -0.4 is 65.9 Å². The molecule has 0 rings (SSSR count). The Morgan fingerprint density at radius 1 is 0.589 bits per heavy atom. The molecule has 21 nitrogen and oxygen atoms in total. The molecule has 0 unspecified atom stereocenters. The van der Waals surface area contributed by atoms with Crippen LogP contribution in [0.3, 0.4) is 0 Å². The van der Waals surface area contributed by atoms with E-state index in [0.29, 0.717) is 45.2 Å². The molecule has 0 saturated carbocycles. The highest BCUT2D eigenvalue weighted by Gasteiger charge is 2.32. The molecule has 6 amide bonds. The number of rotatable bonds is 30. The Bertz CT molecular complexity index is 1240. The number of carboxylic acids is 1. The van der Waals surface area contributed by atoms with E-state index < -0.39 is 103 Å². The zero-order valence-corrected chi connectivity index (χ0v) is 33.6. The van der Waals surface area contributed by atoms with Crippen LogP contribution in [0.1, 0.15) is 92.4 Å². The van der Waals surface area contributed by atoms with Crippen molar-refractivity contribution in [3.63, 3.8) is 0 Å². The predicted molar refractivity (Wildman–Crippen MR) is 209 cm³/mol. The van der Waals surface area contributed by atoms with E-state index >= 15 is 0 Å². The molecular weight excluding hydrogens is 732 g/mol. The largest absolute Gasteiger partial charge is 0.480 e. The van der Waals surface area contributed by atoms with Crippen LogP contribution in [0.4, 0.5) is 0 Å². The molecule has 7 atom stereocenters. The second-order valence-corrected chi connectivity index (χ2v) is 14.7. The Hall–Kier alpha value is -3.99. The van der Waals surface area contributed by atoms with Gasteiger partial charge >= 0.3 is 5.97 Å². The zero-order chi connectivity index (χ0) is 43.0. The number of hydrogen-bond acceptors (Lipinski definition) is 14. The van der Waals surface area contributed by atoms with Gasteiger partial charge in [-0.05, 0) is 96.2 Å². The Kier molecular flexibility index (Phi) is 26.4. The summed E-state index contributed by atoms with van der Waals surface area (Å²) in [6, 6.07) is -7.04. The smallest absolute Gasteiger partial charge is 0.326 e. The fourth-order valence-electron chi connectivity index (χ4n) is 5.40. The molecule has 324 valence electrons. The van der Waals surface area contributed by atoms with Crippen molar-refractivity contribution in [3.05, 3.63) is 0 Å². The topological polar surface area (TPSA) is 374 Å². The number of amides is 6. The van der Waals surface area contributed by atoms with Crippen LogP contribution in [0.15, 0.2) is 0 Å². The highest BCUT2D eigenvalue weighted by molar-refractivity contribution is 5.96. The number of hydrogen-bond donors (Lipinski definition) is 14. The van der Waals surface area contributed by atoms with E-state index in [4.69, 9.17) is 28.7 Å². The van der Waals surface area contributed by atoms with Crippen LogP contribution in [0.2, 0.25) is 0 Å². The van der Waals surface area contributed by atoms with Gasteiger partial charge in [-0.15, -0.1) is 0 Å². The summed E-state index contributed by atoms with van der Waals surface area (Å²) >= 11 is 0. The van der Waals surface area contributed by atoms with Crippen LogP contribution >= 0.6 is 0 Å². The molecule has 0 saturated heterocycles. The second kappa shape index (κ2) is 28.4. The Balaban J connectivity index is 5.92. The molecule has 19 N–H and O–H groups in total. The number of aliphatic hydroxyl groups excluding tert-OH is 1. The highest BCUT2D eigenvalue weighted by Crippen LogP contribution is 2.10. The lowest BCUT2D eigenvalue weighted by atomic mass is 9.99. The van der Waals surface area contributed by atoms with Crippen molar-refractivity contribution in [1.82, 2.24) is 37.2 Å². The number of carbonyl (C=O) groups is 7. The molecule has 0 radical (unpaired) electrons. The van der Waals surface area contributed by atoms with Crippen LogP contribution in [0, 0.1) is 11.8 Å². The second-order valence-electron chi connectivity index (χ2n) is 14.7. The van der Waals surface area contributed by atoms with Gasteiger partial charge in [0.05, 0.1) is 12.6 Å². The number of aliphatic carboxylic acids is 1. The molecule has 0 fully saturated rings. The van der Waals surface area contributed by atoms with Crippen molar-refractivity contribution < 1.29 is 43.8 Å². The summed E-state index contributed by atoms with van der Waals surface area (Å²) < 4.78 is 0. The maximum Gasteiger partial charge on any atom is 0.326 e. The summed E-state index contributed by atoms with van der Waals surface area (Å²) in [5, 5.41) is 37.5. The Labute approximate surface area is 329 Å². The molecule has 0 aromatic heterocycles. The van der Waals surface area contributed by atoms with Gasteiger partial charge in [0.2, 0.25) is 35.4 Å². The number of nitrogens with two attached hydrogens (primary N) is 5. The quantitative estimate of drug-likeness (QED) is 0.0242. The normalized spacial score (nSPS) is 15.2. The Morgan fingerprint density at radius 3 is 1.57 bits per heavy atom. The van der Waals surface area contributed by atoms with Crippen molar-refractivity contribution in [2.75, 3.05) is 26.2 Å². The van der Waals surface area contributed by atoms with Crippen molar-refractivity contribution >= 4 is 41.4 Å². The minimum atomic E-state index is -1.28. The Morgan fingerprint density at radius 2 is 1.09 bits per heavy atom. The summed E-state index contributed by atoms with van der Waals surface area (Å²) in [6.07, 6.45) is 0.805. The van der Waals surface area contributed by atoms with E-state index in [-0.39, 0.29) is 38.1 Å². The van der Waals surface area contributed by atoms with E-state index in [1.165, 1.54) is 6.92 Å². The minimum absolute atomic E-state index is 0.0730. The minimum Gasteiger partial charge on any atom is -0.480 e. The first-order chi connectivity index (χ1) is 26.2. The standard InChI is InChI=1S/C35H70N12O9/c1-19(2)17-25(46-33(54)28(20(3)4)47-32(53)27(38)21(5)48)29(50)42-18-26(49)43-22(11-6-8-14-36)30(51)44-23(13-10-16-41-35(39)40)31(52)45-24(34(55)56)12-7-9-15-37/h19-25,27-28,35,41,48H,6-18,36-40H2,1-5H3,(H,42,50)(H,43,49)(H,44,51)(H,45,52)(H,46,54)(H,47,53)(H,55,56)/t21-,22+,23+,24+,25+,27+,28+/m1/s1. The van der Waals surface area contributed by atoms with Gasteiger partial charge in [0.25, 0.3) is 0 Å². The molecule has 0 spiro atoms. The molecule has 0 heterocycles. The monoisotopic (exact) mass is 803 g/mol. The van der Waals surface area contributed by atoms with Crippen molar-refractivity contribution in [3.8, 4) is 0 Å². The van der Waals surface area contributed by atoms with Crippen LogP contribution in [-0.2, 0) is 33.6 Å². The van der Waals surface area contributed by atoms with E-state index in [1.54, 1.807) is 13.8 Å². The number of aliphatic hydroxyl groups is 1. The van der Waals surface area contributed by atoms with E-state index in [1.807, 2.05) is 13.8 Å². The van der Waals surface area contributed by atoms with Gasteiger partial charge in [-0.1, -0.05) is 27.7 Å². The predicted octanol–water partition coefficient (Wildman–Crippen LogP) is -4.15. The van der Waals surface area contributed by atoms with Gasteiger partial charge in [0, 0.05) is 0 Å². The maximum absolute atomic E-state index is 13.6. The molecule has 0 aliphatic heterocycles. The van der Waals surface area contributed by atoms with Crippen LogP contribution in [0.25, 0.3) is 0 Å². The first-order valence-electron chi connectivity index (χ1n) is 19.3. The van der Waals surface area contributed by atoms with Crippen molar-refractivity contribution in [1.29, 1.82) is 0 Å². The molecule has 0 aromatic rings. The van der Waals surface area contributed by atoms with Gasteiger partial charge < -0.3 is 70.8 Å². The fourth-order valence-corrected chi connectivity index (χ4v) is 5.40. The average molecular weight is 803 g/mol. The summed E-state index contributed by atoms with van der Waals surface area (Å²) in [5.74, 6) is -6.04. The third-order valence-corrected chi connectivity index (χ3v) is 8.68. The number of unbranched alkanes of at least 4 members (excludes halogenated alkanes) is 2. The molecule has 0 aliphatic carbocycles. The van der Waals surface area contributed by atoms with Crippen LogP contribution in [-0.4, -0.2) is 126 Å². The maximum atomic E-state index is 13.6. The van der Waals surface area contributed by atoms with Gasteiger partial charge in [-0.3, -0.25) is 34.1 Å². The summed E-state index contributed by atoms with van der Waals surface area (Å²) in [6.45, 7) is 8.74. The zero-order valence-electron chi connectivity index (χ0n) is 33.6. The molecule has 0 bridgehead atoms. The van der Waals surface area contributed by atoms with Gasteiger partial charge in [-0.2, -0.15) is 0 Å². The van der Waals surface area contributed by atoms with E-state index in [9.17, 15) is 43.8 Å². The van der Waals surface area contributed by atoms with Crippen LogP contribution in [0.5, 0.6) is 0 Å². The number of nitrogens with one attached hydrogen (secondary N) is 7. The van der Waals surface area contributed by atoms with Gasteiger partial charge in [-0.25, -0.2) is 4.79 Å². The lowest BCUT2D eigenvalue weighted by molar-refractivity contribution is -0.142. The first kappa shape index (κ1) is 52.0. The summed E-state index contributed by atoms with van der Waals surface area (Å²) in [4.78, 5) is 91.1. The lowest BCUT2D eigenvalue weighted by Gasteiger charge is -2.27. The molecular formula is C35H70N12O9. The number of carbonyl (C=O) groups excluding carboxylic acids is 6. The van der Waals surface area contributed by atoms with Gasteiger partial charge in [0.15, 0.2) is 0 Å². The third-order valence-electron chi connectivity index (χ3n) is 8.68. The average Bonchev–Trinajstić information content (AvgIpc) is 3.11. The third kappa shape index (κ3) is 21.9. The van der Waals surface area contributed by atoms with Crippen molar-refractivity contribution in [2.24, 2.45) is 40.5 Å². The number of carboxylic acid groups (broad SMARTS) is 1. The lowest BCUT2D eigenvalue weighted by Crippen LogP contribution is -2.59. The van der Waals surface area contributed by atoms with E-state index in [2.05, 4.69) is 37.2 Å². The molecule has 56 heavy (non-hydrogen) atoms. The molecule has 21 heteroatoms. The SMILES string of the molecule is CC(C)C[C@H](NC(=O)[C@@H](NC(=O)[C@@H](N)[C@@H](C)O)C(C)C)C(=O)NCC(=O)N[C@@H](CCCCN)C(=O)N[C@@H](CCCNC(N)N)C(=O)N[C@@H](CCCCN)C(=O)O. The summed E-state index contributed by atoms with van der Waals surface area (Å²) in [7, 11) is 0.